The normalized spacial score (nSPS) is 20.6. The van der Waals surface area contributed by atoms with Crippen LogP contribution in [0.4, 0.5) is 10.5 Å². The molecule has 0 aliphatic carbocycles. The number of anilines is 1. The summed E-state index contributed by atoms with van der Waals surface area (Å²) >= 11 is 6.18. The number of benzene rings is 1. The number of piperazine rings is 1. The molecule has 2 fully saturated rings. The van der Waals surface area contributed by atoms with Gasteiger partial charge in [0.25, 0.3) is 5.91 Å². The lowest BCUT2D eigenvalue weighted by Crippen LogP contribution is -2.51. The highest BCUT2D eigenvalue weighted by Gasteiger charge is 2.47. The Balaban J connectivity index is 1.67. The molecule has 0 aromatic heterocycles. The van der Waals surface area contributed by atoms with Gasteiger partial charge in [0, 0.05) is 49.1 Å². The standard InChI is InChI=1S/C25H36ClN5O4/c1-3-4-5-19(30-11-13-31(14-12-30)20-6-7-21(26)18(2)16-20)8-9-25(17-22(33)27-10-15-32)23(34)28-24(35)29-25/h5-7,16,32H,3-4,8-15,17H2,1-2H3,(H,27,33)(H2,28,29,34,35)/b19-5-. The number of amides is 4. The molecular weight excluding hydrogens is 470 g/mol. The van der Waals surface area contributed by atoms with E-state index in [9.17, 15) is 14.4 Å². The van der Waals surface area contributed by atoms with Crippen LogP contribution in [0.5, 0.6) is 0 Å². The highest BCUT2D eigenvalue weighted by atomic mass is 35.5. The van der Waals surface area contributed by atoms with E-state index in [4.69, 9.17) is 16.7 Å². The van der Waals surface area contributed by atoms with Crippen LogP contribution in [-0.2, 0) is 9.59 Å². The van der Waals surface area contributed by atoms with Gasteiger partial charge in [-0.1, -0.05) is 31.0 Å². The van der Waals surface area contributed by atoms with Gasteiger partial charge in [0.15, 0.2) is 0 Å². The van der Waals surface area contributed by atoms with Crippen LogP contribution in [0.15, 0.2) is 30.0 Å². The molecular formula is C25H36ClN5O4. The number of aliphatic hydroxyl groups excluding tert-OH is 1. The summed E-state index contributed by atoms with van der Waals surface area (Å²) in [5, 5.41) is 17.3. The molecule has 1 aromatic carbocycles. The molecule has 2 heterocycles. The first-order valence-corrected chi connectivity index (χ1v) is 12.6. The number of rotatable bonds is 11. The van der Waals surface area contributed by atoms with Crippen molar-refractivity contribution in [2.45, 2.75) is 51.5 Å². The number of urea groups is 1. The van der Waals surface area contributed by atoms with Crippen LogP contribution in [0, 0.1) is 6.92 Å². The minimum absolute atomic E-state index is 0.101. The van der Waals surface area contributed by atoms with E-state index >= 15 is 0 Å². The molecule has 35 heavy (non-hydrogen) atoms. The van der Waals surface area contributed by atoms with E-state index in [0.717, 1.165) is 61.0 Å². The number of carbonyl (C=O) groups excluding carboxylic acids is 3. The maximum absolute atomic E-state index is 12.7. The van der Waals surface area contributed by atoms with E-state index in [0.29, 0.717) is 12.8 Å². The largest absolute Gasteiger partial charge is 0.395 e. The minimum Gasteiger partial charge on any atom is -0.395 e. The zero-order valence-corrected chi connectivity index (χ0v) is 21.3. The fourth-order valence-electron chi connectivity index (χ4n) is 4.57. The number of halogens is 1. The third kappa shape index (κ3) is 6.89. The summed E-state index contributed by atoms with van der Waals surface area (Å²) in [6.45, 7) is 7.41. The van der Waals surface area contributed by atoms with E-state index in [-0.39, 0.29) is 25.5 Å². The fourth-order valence-corrected chi connectivity index (χ4v) is 4.69. The van der Waals surface area contributed by atoms with Gasteiger partial charge in [0.1, 0.15) is 5.54 Å². The third-order valence-corrected chi connectivity index (χ3v) is 7.00. The lowest BCUT2D eigenvalue weighted by Gasteiger charge is -2.39. The zero-order valence-electron chi connectivity index (χ0n) is 20.5. The summed E-state index contributed by atoms with van der Waals surface area (Å²) in [5.41, 5.74) is 2.04. The molecule has 4 amide bonds. The van der Waals surface area contributed by atoms with E-state index in [1.54, 1.807) is 0 Å². The number of nitrogens with one attached hydrogen (secondary N) is 3. The summed E-state index contributed by atoms with van der Waals surface area (Å²) in [4.78, 5) is 41.7. The molecule has 4 N–H and O–H groups in total. The van der Waals surface area contributed by atoms with Crippen molar-refractivity contribution in [1.29, 1.82) is 0 Å². The van der Waals surface area contributed by atoms with Gasteiger partial charge in [-0.05, 0) is 49.9 Å². The Morgan fingerprint density at radius 2 is 2.00 bits per heavy atom. The Kier molecular flexibility index (Phi) is 9.40. The lowest BCUT2D eigenvalue weighted by atomic mass is 9.88. The Hall–Kier alpha value is -2.78. The number of aryl methyl sites for hydroxylation is 1. The van der Waals surface area contributed by atoms with Gasteiger partial charge in [0.2, 0.25) is 5.91 Å². The highest BCUT2D eigenvalue weighted by molar-refractivity contribution is 6.31. The molecule has 2 aliphatic rings. The van der Waals surface area contributed by atoms with Gasteiger partial charge in [-0.15, -0.1) is 0 Å². The molecule has 1 atom stereocenters. The zero-order chi connectivity index (χ0) is 25.4. The molecule has 1 aromatic rings. The molecule has 192 valence electrons. The maximum Gasteiger partial charge on any atom is 0.322 e. The first kappa shape index (κ1) is 26.8. The molecule has 0 saturated carbocycles. The molecule has 9 nitrogen and oxygen atoms in total. The predicted molar refractivity (Wildman–Crippen MR) is 136 cm³/mol. The summed E-state index contributed by atoms with van der Waals surface area (Å²) in [6, 6.07) is 5.50. The van der Waals surface area contributed by atoms with Gasteiger partial charge in [0.05, 0.1) is 13.0 Å². The average Bonchev–Trinajstić information content (AvgIpc) is 3.12. The number of nitrogens with zero attached hydrogens (tertiary/aromatic N) is 2. The maximum atomic E-state index is 12.7. The van der Waals surface area contributed by atoms with Crippen LogP contribution in [0.25, 0.3) is 0 Å². The summed E-state index contributed by atoms with van der Waals surface area (Å²) in [7, 11) is 0. The van der Waals surface area contributed by atoms with Crippen LogP contribution in [0.1, 0.15) is 44.6 Å². The Bertz CT molecular complexity index is 961. The summed E-state index contributed by atoms with van der Waals surface area (Å²) in [5.74, 6) is -0.873. The quantitative estimate of drug-likeness (QED) is 0.343. The van der Waals surface area contributed by atoms with E-state index in [2.05, 4.69) is 44.8 Å². The fraction of sp³-hybridized carbons (Fsp3) is 0.560. The monoisotopic (exact) mass is 505 g/mol. The van der Waals surface area contributed by atoms with E-state index in [1.165, 1.54) is 0 Å². The number of hydrogen-bond donors (Lipinski definition) is 4. The van der Waals surface area contributed by atoms with Crippen molar-refractivity contribution in [3.8, 4) is 0 Å². The molecule has 3 rings (SSSR count). The van der Waals surface area contributed by atoms with Crippen molar-refractivity contribution in [3.63, 3.8) is 0 Å². The highest BCUT2D eigenvalue weighted by Crippen LogP contribution is 2.28. The van der Waals surface area contributed by atoms with Crippen LogP contribution >= 0.6 is 11.6 Å². The smallest absolute Gasteiger partial charge is 0.322 e. The SMILES string of the molecule is CCC/C=C(/CCC1(CC(=O)NCCO)NC(=O)NC1=O)N1CCN(c2ccc(Cl)c(C)c2)CC1. The number of allylic oxidation sites excluding steroid dienone is 2. The Morgan fingerprint density at radius 3 is 2.60 bits per heavy atom. The second-order valence-corrected chi connectivity index (χ2v) is 9.54. The van der Waals surface area contributed by atoms with Crippen LogP contribution in [0.3, 0.4) is 0 Å². The van der Waals surface area contributed by atoms with Crippen LogP contribution in [-0.4, -0.2) is 72.7 Å². The molecule has 0 bridgehead atoms. The Morgan fingerprint density at radius 1 is 1.26 bits per heavy atom. The van der Waals surface area contributed by atoms with Gasteiger partial charge < -0.3 is 25.5 Å². The van der Waals surface area contributed by atoms with Crippen molar-refractivity contribution in [2.75, 3.05) is 44.2 Å². The third-order valence-electron chi connectivity index (χ3n) is 6.58. The van der Waals surface area contributed by atoms with Gasteiger partial charge >= 0.3 is 6.03 Å². The Labute approximate surface area is 211 Å². The molecule has 1 unspecified atom stereocenters. The van der Waals surface area contributed by atoms with Gasteiger partial charge in [-0.3, -0.25) is 14.9 Å². The van der Waals surface area contributed by atoms with Crippen molar-refractivity contribution < 1.29 is 19.5 Å². The second kappa shape index (κ2) is 12.3. The van der Waals surface area contributed by atoms with E-state index < -0.39 is 17.5 Å². The molecule has 2 saturated heterocycles. The van der Waals surface area contributed by atoms with Crippen LogP contribution < -0.4 is 20.9 Å². The predicted octanol–water partition coefficient (Wildman–Crippen LogP) is 2.31. The number of carbonyl (C=O) groups is 3. The lowest BCUT2D eigenvalue weighted by molar-refractivity contribution is -0.130. The topological polar surface area (TPSA) is 114 Å². The van der Waals surface area contributed by atoms with Crippen LogP contribution in [0.2, 0.25) is 5.02 Å². The number of imide groups is 1. The first-order chi connectivity index (χ1) is 16.8. The number of aliphatic hydroxyl groups is 1. The van der Waals surface area contributed by atoms with Crippen molar-refractivity contribution >= 4 is 35.1 Å². The van der Waals surface area contributed by atoms with Gasteiger partial charge in [-0.25, -0.2) is 4.79 Å². The summed E-state index contributed by atoms with van der Waals surface area (Å²) < 4.78 is 0. The molecule has 2 aliphatic heterocycles. The number of hydrogen-bond acceptors (Lipinski definition) is 6. The molecule has 10 heteroatoms. The number of unbranched alkanes of at least 4 members (excludes halogenated alkanes) is 1. The van der Waals surface area contributed by atoms with Crippen molar-refractivity contribution in [3.05, 3.63) is 40.6 Å². The van der Waals surface area contributed by atoms with E-state index in [1.807, 2.05) is 19.1 Å². The molecule has 0 radical (unpaired) electrons. The minimum atomic E-state index is -1.30. The first-order valence-electron chi connectivity index (χ1n) is 12.2. The van der Waals surface area contributed by atoms with Gasteiger partial charge in [-0.2, -0.15) is 0 Å². The van der Waals surface area contributed by atoms with Crippen molar-refractivity contribution in [2.24, 2.45) is 0 Å². The second-order valence-electron chi connectivity index (χ2n) is 9.13. The van der Waals surface area contributed by atoms with Crippen molar-refractivity contribution in [1.82, 2.24) is 20.9 Å². The average molecular weight is 506 g/mol. The molecule has 0 spiro atoms. The summed E-state index contributed by atoms with van der Waals surface area (Å²) in [6.07, 6.45) is 4.81.